The lowest BCUT2D eigenvalue weighted by Gasteiger charge is -2.33. The van der Waals surface area contributed by atoms with Crippen molar-refractivity contribution in [3.63, 3.8) is 0 Å². The van der Waals surface area contributed by atoms with Crippen LogP contribution in [0, 0.1) is 5.82 Å². The van der Waals surface area contributed by atoms with Gasteiger partial charge in [0.25, 0.3) is 0 Å². The van der Waals surface area contributed by atoms with E-state index in [4.69, 9.17) is 17.3 Å². The van der Waals surface area contributed by atoms with Gasteiger partial charge in [-0.2, -0.15) is 4.31 Å². The highest BCUT2D eigenvalue weighted by Gasteiger charge is 2.34. The first-order valence-corrected chi connectivity index (χ1v) is 7.72. The van der Waals surface area contributed by atoms with Crippen molar-refractivity contribution in [2.45, 2.75) is 31.2 Å². The summed E-state index contributed by atoms with van der Waals surface area (Å²) in [6.45, 7) is 8.90. The van der Waals surface area contributed by atoms with Gasteiger partial charge in [0.15, 0.2) is 0 Å². The molecule has 112 valence electrons. The molecule has 0 spiro atoms. The SMILES string of the molecule is C=CCN(C(C)(C)C)S(=O)(=O)c1cc(N)c(F)cc1Cl. The number of sulfonamides is 1. The van der Waals surface area contributed by atoms with Crippen LogP contribution in [0.2, 0.25) is 5.02 Å². The van der Waals surface area contributed by atoms with Gasteiger partial charge >= 0.3 is 0 Å². The Hall–Kier alpha value is -1.11. The van der Waals surface area contributed by atoms with E-state index in [-0.39, 0.29) is 22.2 Å². The van der Waals surface area contributed by atoms with Crippen LogP contribution >= 0.6 is 11.6 Å². The molecule has 0 saturated carbocycles. The summed E-state index contributed by atoms with van der Waals surface area (Å²) in [6.07, 6.45) is 1.48. The molecule has 4 nitrogen and oxygen atoms in total. The summed E-state index contributed by atoms with van der Waals surface area (Å²) in [7, 11) is -3.91. The average molecular weight is 321 g/mol. The van der Waals surface area contributed by atoms with Gasteiger partial charge in [0.2, 0.25) is 10.0 Å². The van der Waals surface area contributed by atoms with Gasteiger partial charge in [-0.3, -0.25) is 0 Å². The van der Waals surface area contributed by atoms with Crippen LogP contribution in [0.25, 0.3) is 0 Å². The molecular weight excluding hydrogens is 303 g/mol. The van der Waals surface area contributed by atoms with Crippen LogP contribution in [0.15, 0.2) is 29.7 Å². The topological polar surface area (TPSA) is 63.4 Å². The Labute approximate surface area is 124 Å². The summed E-state index contributed by atoms with van der Waals surface area (Å²) < 4.78 is 39.9. The highest BCUT2D eigenvalue weighted by Crippen LogP contribution is 2.31. The third-order valence-corrected chi connectivity index (χ3v) is 5.26. The fourth-order valence-electron chi connectivity index (χ4n) is 1.71. The lowest BCUT2D eigenvalue weighted by molar-refractivity contribution is 0.270. The minimum atomic E-state index is -3.91. The molecule has 1 rings (SSSR count). The largest absolute Gasteiger partial charge is 0.396 e. The van der Waals surface area contributed by atoms with Crippen molar-refractivity contribution in [2.75, 3.05) is 12.3 Å². The van der Waals surface area contributed by atoms with E-state index in [1.54, 1.807) is 20.8 Å². The van der Waals surface area contributed by atoms with E-state index in [2.05, 4.69) is 6.58 Å². The van der Waals surface area contributed by atoms with Crippen LogP contribution in [-0.2, 0) is 10.0 Å². The predicted octanol–water partition coefficient (Wildman–Crippen LogP) is 3.04. The number of nitrogen functional groups attached to an aromatic ring is 1. The molecule has 20 heavy (non-hydrogen) atoms. The molecule has 0 saturated heterocycles. The second-order valence-corrected chi connectivity index (χ2v) is 7.54. The van der Waals surface area contributed by atoms with Crippen molar-refractivity contribution in [3.8, 4) is 0 Å². The lowest BCUT2D eigenvalue weighted by atomic mass is 10.1. The fraction of sp³-hybridized carbons (Fsp3) is 0.385. The van der Waals surface area contributed by atoms with E-state index >= 15 is 0 Å². The highest BCUT2D eigenvalue weighted by molar-refractivity contribution is 7.89. The molecule has 0 amide bonds. The number of rotatable bonds is 4. The molecule has 0 aliphatic rings. The monoisotopic (exact) mass is 320 g/mol. The summed E-state index contributed by atoms with van der Waals surface area (Å²) >= 11 is 5.85. The van der Waals surface area contributed by atoms with Gasteiger partial charge in [-0.05, 0) is 32.9 Å². The maximum atomic E-state index is 13.3. The van der Waals surface area contributed by atoms with Crippen LogP contribution in [0.5, 0.6) is 0 Å². The summed E-state index contributed by atoms with van der Waals surface area (Å²) in [5, 5.41) is -0.199. The Balaban J connectivity index is 3.49. The molecule has 1 aromatic rings. The number of nitrogens with two attached hydrogens (primary N) is 1. The maximum Gasteiger partial charge on any atom is 0.245 e. The first-order valence-electron chi connectivity index (χ1n) is 5.90. The Morgan fingerprint density at radius 2 is 2.00 bits per heavy atom. The number of hydrogen-bond donors (Lipinski definition) is 1. The zero-order valence-electron chi connectivity index (χ0n) is 11.7. The number of anilines is 1. The van der Waals surface area contributed by atoms with Gasteiger partial charge in [-0.25, -0.2) is 12.8 Å². The first kappa shape index (κ1) is 16.9. The lowest BCUT2D eigenvalue weighted by Crippen LogP contribution is -2.45. The van der Waals surface area contributed by atoms with E-state index in [9.17, 15) is 12.8 Å². The van der Waals surface area contributed by atoms with E-state index < -0.39 is 21.4 Å². The van der Waals surface area contributed by atoms with Gasteiger partial charge in [-0.15, -0.1) is 6.58 Å². The Morgan fingerprint density at radius 3 is 2.45 bits per heavy atom. The third kappa shape index (κ3) is 3.31. The first-order chi connectivity index (χ1) is 9.01. The molecule has 0 aromatic heterocycles. The number of halogens is 2. The molecule has 0 bridgehead atoms. The van der Waals surface area contributed by atoms with E-state index in [0.29, 0.717) is 0 Å². The zero-order valence-corrected chi connectivity index (χ0v) is 13.2. The zero-order chi connectivity index (χ0) is 15.7. The highest BCUT2D eigenvalue weighted by atomic mass is 35.5. The molecule has 0 fully saturated rings. The fourth-order valence-corrected chi connectivity index (χ4v) is 4.00. The predicted molar refractivity (Wildman–Crippen MR) is 79.7 cm³/mol. The van der Waals surface area contributed by atoms with Crippen LogP contribution in [0.3, 0.4) is 0 Å². The van der Waals surface area contributed by atoms with Crippen molar-refractivity contribution in [2.24, 2.45) is 0 Å². The quantitative estimate of drug-likeness (QED) is 0.685. The molecule has 0 aliphatic heterocycles. The van der Waals surface area contributed by atoms with Gasteiger partial charge in [-0.1, -0.05) is 17.7 Å². The van der Waals surface area contributed by atoms with Crippen molar-refractivity contribution in [1.29, 1.82) is 0 Å². The second kappa shape index (κ2) is 5.71. The molecule has 0 unspecified atom stereocenters. The number of nitrogens with zero attached hydrogens (tertiary/aromatic N) is 1. The van der Waals surface area contributed by atoms with E-state index in [0.717, 1.165) is 12.1 Å². The molecule has 0 radical (unpaired) electrons. The Bertz CT molecular complexity index is 624. The second-order valence-electron chi connectivity index (χ2n) is 5.30. The average Bonchev–Trinajstić information content (AvgIpc) is 2.28. The Kier molecular flexibility index (Phi) is 4.84. The normalized spacial score (nSPS) is 12.7. The molecule has 1 aromatic carbocycles. The van der Waals surface area contributed by atoms with E-state index in [1.165, 1.54) is 10.4 Å². The van der Waals surface area contributed by atoms with Crippen molar-refractivity contribution in [1.82, 2.24) is 4.31 Å². The van der Waals surface area contributed by atoms with Gasteiger partial charge < -0.3 is 5.73 Å². The molecule has 0 heterocycles. The van der Waals surface area contributed by atoms with Gasteiger partial charge in [0.1, 0.15) is 10.7 Å². The summed E-state index contributed by atoms with van der Waals surface area (Å²) in [4.78, 5) is -0.213. The van der Waals surface area contributed by atoms with Crippen LogP contribution in [0.4, 0.5) is 10.1 Å². The third-order valence-electron chi connectivity index (χ3n) is 2.66. The molecule has 2 N–H and O–H groups in total. The summed E-state index contributed by atoms with van der Waals surface area (Å²) in [6, 6.07) is 1.94. The Morgan fingerprint density at radius 1 is 1.45 bits per heavy atom. The standard InChI is InChI=1S/C13H18ClFN2O2S/c1-5-6-17(13(2,3)4)20(18,19)12-8-11(16)10(15)7-9(12)14/h5,7-8H,1,6,16H2,2-4H3. The number of benzene rings is 1. The van der Waals surface area contributed by atoms with Crippen molar-refractivity contribution < 1.29 is 12.8 Å². The van der Waals surface area contributed by atoms with Crippen molar-refractivity contribution in [3.05, 3.63) is 35.6 Å². The van der Waals surface area contributed by atoms with Crippen LogP contribution in [0.1, 0.15) is 20.8 Å². The van der Waals surface area contributed by atoms with Gasteiger partial charge in [0.05, 0.1) is 10.7 Å². The molecule has 0 aliphatic carbocycles. The smallest absolute Gasteiger partial charge is 0.245 e. The summed E-state index contributed by atoms with van der Waals surface area (Å²) in [5.74, 6) is -0.750. The van der Waals surface area contributed by atoms with Crippen LogP contribution in [-0.4, -0.2) is 24.8 Å². The molecule has 0 atom stereocenters. The van der Waals surface area contributed by atoms with Crippen LogP contribution < -0.4 is 5.73 Å². The van der Waals surface area contributed by atoms with Crippen molar-refractivity contribution >= 4 is 27.3 Å². The maximum absolute atomic E-state index is 13.3. The summed E-state index contributed by atoms with van der Waals surface area (Å²) in [5.41, 5.74) is 4.49. The molecular formula is C13H18ClFN2O2S. The molecule has 7 heteroatoms. The minimum Gasteiger partial charge on any atom is -0.396 e. The van der Waals surface area contributed by atoms with Gasteiger partial charge in [0, 0.05) is 12.1 Å². The minimum absolute atomic E-state index is 0.111. The van der Waals surface area contributed by atoms with E-state index in [1.807, 2.05) is 0 Å². The number of hydrogen-bond acceptors (Lipinski definition) is 3.